The minimum absolute atomic E-state index is 0.194. The van der Waals surface area contributed by atoms with Crippen LogP contribution in [0.15, 0.2) is 48.5 Å². The van der Waals surface area contributed by atoms with Crippen molar-refractivity contribution in [1.29, 1.82) is 0 Å². The Balaban J connectivity index is 2.05. The van der Waals surface area contributed by atoms with Crippen molar-refractivity contribution in [3.8, 4) is 11.5 Å². The largest absolute Gasteiger partial charge is 0.497 e. The lowest BCUT2D eigenvalue weighted by Gasteiger charge is -2.26. The Morgan fingerprint density at radius 2 is 1.85 bits per heavy atom. The first-order valence-electron chi connectivity index (χ1n) is 8.61. The molecule has 0 saturated heterocycles. The Labute approximate surface area is 158 Å². The number of benzene rings is 2. The number of aliphatic hydroxyl groups excluding tert-OH is 1. The molecule has 0 bridgehead atoms. The monoisotopic (exact) mass is 374 g/mol. The normalized spacial score (nSPS) is 14.2. The Bertz CT molecular complexity index is 738. The summed E-state index contributed by atoms with van der Waals surface area (Å²) in [6.07, 6.45) is -0.883. The molecule has 0 fully saturated rings. The smallest absolute Gasteiger partial charge is 0.323 e. The van der Waals surface area contributed by atoms with Crippen molar-refractivity contribution in [3.05, 3.63) is 59.7 Å². The van der Waals surface area contributed by atoms with Gasteiger partial charge in [-0.2, -0.15) is 0 Å². The molecule has 7 nitrogen and oxygen atoms in total. The number of rotatable bonds is 10. The van der Waals surface area contributed by atoms with E-state index in [-0.39, 0.29) is 6.54 Å². The van der Waals surface area contributed by atoms with Gasteiger partial charge in [-0.15, -0.1) is 0 Å². The molecule has 3 atom stereocenters. The molecule has 5 N–H and O–H groups in total. The summed E-state index contributed by atoms with van der Waals surface area (Å²) < 4.78 is 10.5. The zero-order chi connectivity index (χ0) is 19.8. The third-order valence-corrected chi connectivity index (χ3v) is 4.37. The number of nitrogens with one attached hydrogen (secondary N) is 1. The van der Waals surface area contributed by atoms with Crippen LogP contribution in [-0.2, 0) is 17.8 Å². The second kappa shape index (κ2) is 9.91. The van der Waals surface area contributed by atoms with Crippen LogP contribution in [0.4, 0.5) is 0 Å². The van der Waals surface area contributed by atoms with Gasteiger partial charge in [0.15, 0.2) is 0 Å². The van der Waals surface area contributed by atoms with E-state index in [0.717, 1.165) is 11.1 Å². The summed E-state index contributed by atoms with van der Waals surface area (Å²) in [5, 5.41) is 22.9. The Morgan fingerprint density at radius 3 is 2.44 bits per heavy atom. The molecule has 2 aromatic rings. The number of carboxylic acids is 1. The standard InChI is InChI=1S/C20H26N2O5/c1-26-15-9-8-14(17(11-15)27-2)12-22-18(20(24)25)19(23)16(21)10-13-6-4-3-5-7-13/h3-9,11,16,18-19,22-23H,10,12,21H2,1-2H3,(H,24,25)/t16-,18+,19+/m0/s1. The molecular formula is C20H26N2O5. The third kappa shape index (κ3) is 5.68. The summed E-state index contributed by atoms with van der Waals surface area (Å²) in [6, 6.07) is 12.7. The van der Waals surface area contributed by atoms with Crippen LogP contribution in [0, 0.1) is 0 Å². The summed E-state index contributed by atoms with van der Waals surface area (Å²) in [5.41, 5.74) is 7.74. The zero-order valence-corrected chi connectivity index (χ0v) is 15.5. The van der Waals surface area contributed by atoms with Crippen molar-refractivity contribution in [2.45, 2.75) is 31.2 Å². The predicted octanol–water partition coefficient (Wildman–Crippen LogP) is 1.18. The van der Waals surface area contributed by atoms with E-state index in [1.807, 2.05) is 30.3 Å². The van der Waals surface area contributed by atoms with Crippen LogP contribution < -0.4 is 20.5 Å². The van der Waals surface area contributed by atoms with Crippen molar-refractivity contribution in [2.75, 3.05) is 14.2 Å². The topological polar surface area (TPSA) is 114 Å². The highest BCUT2D eigenvalue weighted by Gasteiger charge is 2.31. The van der Waals surface area contributed by atoms with Crippen LogP contribution in [0.5, 0.6) is 11.5 Å². The van der Waals surface area contributed by atoms with E-state index in [2.05, 4.69) is 5.32 Å². The van der Waals surface area contributed by atoms with Gasteiger partial charge in [-0.3, -0.25) is 10.1 Å². The van der Waals surface area contributed by atoms with Gasteiger partial charge in [-0.05, 0) is 18.1 Å². The molecule has 146 valence electrons. The van der Waals surface area contributed by atoms with Gasteiger partial charge in [-0.25, -0.2) is 0 Å². The van der Waals surface area contributed by atoms with E-state index >= 15 is 0 Å². The van der Waals surface area contributed by atoms with Gasteiger partial charge in [0.25, 0.3) is 0 Å². The summed E-state index contributed by atoms with van der Waals surface area (Å²) in [4.78, 5) is 11.6. The number of hydrogen-bond donors (Lipinski definition) is 4. The number of carboxylic acid groups (broad SMARTS) is 1. The summed E-state index contributed by atoms with van der Waals surface area (Å²) in [7, 11) is 3.08. The molecular weight excluding hydrogens is 348 g/mol. The Morgan fingerprint density at radius 1 is 1.15 bits per heavy atom. The lowest BCUT2D eigenvalue weighted by atomic mass is 9.97. The molecule has 0 aliphatic rings. The van der Waals surface area contributed by atoms with E-state index < -0.39 is 24.2 Å². The van der Waals surface area contributed by atoms with E-state index in [1.165, 1.54) is 7.11 Å². The molecule has 0 aliphatic heterocycles. The van der Waals surface area contributed by atoms with Gasteiger partial charge < -0.3 is 25.4 Å². The van der Waals surface area contributed by atoms with E-state index in [4.69, 9.17) is 15.2 Å². The number of aliphatic hydroxyl groups is 1. The zero-order valence-electron chi connectivity index (χ0n) is 15.5. The minimum Gasteiger partial charge on any atom is -0.497 e. The van der Waals surface area contributed by atoms with Crippen molar-refractivity contribution >= 4 is 5.97 Å². The molecule has 2 rings (SSSR count). The summed E-state index contributed by atoms with van der Waals surface area (Å²) in [6.45, 7) is 0.194. The number of aliphatic carboxylic acids is 1. The van der Waals surface area contributed by atoms with Crippen LogP contribution in [-0.4, -0.2) is 48.6 Å². The number of methoxy groups -OCH3 is 2. The molecule has 0 heterocycles. The fourth-order valence-electron chi connectivity index (χ4n) is 2.83. The highest BCUT2D eigenvalue weighted by molar-refractivity contribution is 5.74. The van der Waals surface area contributed by atoms with Gasteiger partial charge in [0, 0.05) is 24.2 Å². The highest BCUT2D eigenvalue weighted by atomic mass is 16.5. The molecule has 0 spiro atoms. The molecule has 0 unspecified atom stereocenters. The average Bonchev–Trinajstić information content (AvgIpc) is 2.68. The maximum Gasteiger partial charge on any atom is 0.323 e. The first-order chi connectivity index (χ1) is 13.0. The van der Waals surface area contributed by atoms with Crippen LogP contribution in [0.1, 0.15) is 11.1 Å². The Kier molecular flexibility index (Phi) is 7.60. The fourth-order valence-corrected chi connectivity index (χ4v) is 2.83. The van der Waals surface area contributed by atoms with Crippen molar-refractivity contribution in [3.63, 3.8) is 0 Å². The van der Waals surface area contributed by atoms with E-state index in [1.54, 1.807) is 25.3 Å². The summed E-state index contributed by atoms with van der Waals surface area (Å²) in [5.74, 6) is 0.0304. The molecule has 0 radical (unpaired) electrons. The Hall–Kier alpha value is -2.61. The SMILES string of the molecule is COc1ccc(CN[C@@H](C(=O)O)[C@H](O)[C@@H](N)Cc2ccccc2)c(OC)c1. The maximum absolute atomic E-state index is 11.6. The predicted molar refractivity (Wildman–Crippen MR) is 102 cm³/mol. The second-order valence-electron chi connectivity index (χ2n) is 6.22. The van der Waals surface area contributed by atoms with Crippen molar-refractivity contribution in [1.82, 2.24) is 5.32 Å². The first kappa shape index (κ1) is 20.7. The highest BCUT2D eigenvalue weighted by Crippen LogP contribution is 2.24. The molecule has 27 heavy (non-hydrogen) atoms. The third-order valence-electron chi connectivity index (χ3n) is 4.37. The van der Waals surface area contributed by atoms with Crippen LogP contribution >= 0.6 is 0 Å². The second-order valence-corrected chi connectivity index (χ2v) is 6.22. The average molecular weight is 374 g/mol. The van der Waals surface area contributed by atoms with Gasteiger partial charge in [-0.1, -0.05) is 36.4 Å². The summed E-state index contributed by atoms with van der Waals surface area (Å²) >= 11 is 0. The molecule has 7 heteroatoms. The van der Waals surface area contributed by atoms with Gasteiger partial charge in [0.2, 0.25) is 0 Å². The van der Waals surface area contributed by atoms with Gasteiger partial charge in [0.05, 0.1) is 20.3 Å². The molecule has 0 saturated carbocycles. The van der Waals surface area contributed by atoms with Gasteiger partial charge >= 0.3 is 5.97 Å². The van der Waals surface area contributed by atoms with Crippen LogP contribution in [0.2, 0.25) is 0 Å². The molecule has 0 amide bonds. The fraction of sp³-hybridized carbons (Fsp3) is 0.350. The first-order valence-corrected chi connectivity index (χ1v) is 8.61. The minimum atomic E-state index is -1.26. The van der Waals surface area contributed by atoms with Crippen LogP contribution in [0.25, 0.3) is 0 Å². The quantitative estimate of drug-likeness (QED) is 0.494. The number of carbonyl (C=O) groups is 1. The van der Waals surface area contributed by atoms with Crippen molar-refractivity contribution < 1.29 is 24.5 Å². The van der Waals surface area contributed by atoms with Crippen molar-refractivity contribution in [2.24, 2.45) is 5.73 Å². The number of nitrogens with two attached hydrogens (primary N) is 1. The van der Waals surface area contributed by atoms with E-state index in [9.17, 15) is 15.0 Å². The molecule has 0 aromatic heterocycles. The van der Waals surface area contributed by atoms with Gasteiger partial charge in [0.1, 0.15) is 17.5 Å². The number of ether oxygens (including phenoxy) is 2. The maximum atomic E-state index is 11.6. The van der Waals surface area contributed by atoms with E-state index in [0.29, 0.717) is 17.9 Å². The van der Waals surface area contributed by atoms with Crippen LogP contribution in [0.3, 0.4) is 0 Å². The lowest BCUT2D eigenvalue weighted by molar-refractivity contribution is -0.143. The number of hydrogen-bond acceptors (Lipinski definition) is 6. The molecule has 2 aromatic carbocycles. The molecule has 0 aliphatic carbocycles. The lowest BCUT2D eigenvalue weighted by Crippen LogP contribution is -2.54.